The highest BCUT2D eigenvalue weighted by Gasteiger charge is 2.14. The molecule has 4 rings (SSSR count). The lowest BCUT2D eigenvalue weighted by molar-refractivity contribution is 0.252. The van der Waals surface area contributed by atoms with E-state index in [1.54, 1.807) is 22.7 Å². The van der Waals surface area contributed by atoms with E-state index in [4.69, 9.17) is 0 Å². The molecular formula is C20H18FN5OS. The Labute approximate surface area is 165 Å². The number of halogens is 1. The zero-order valence-electron chi connectivity index (χ0n) is 15.1. The average Bonchev–Trinajstić information content (AvgIpc) is 3.26. The van der Waals surface area contributed by atoms with Crippen LogP contribution in [0.1, 0.15) is 11.3 Å². The lowest BCUT2D eigenvalue weighted by Gasteiger charge is -2.09. The fraction of sp³-hybridized carbons (Fsp3) is 0.150. The Morgan fingerprint density at radius 2 is 1.96 bits per heavy atom. The zero-order valence-corrected chi connectivity index (χ0v) is 16.0. The van der Waals surface area contributed by atoms with Crippen LogP contribution in [0, 0.1) is 12.7 Å². The standard InChI is InChI=1S/C20H18FN5OS/c1-13-6-2-5-9-17(13)23-19(27)22-11-10-14-12-28-20-24-18(25-26(14)20)15-7-3-4-8-16(15)21/h2-9,12H,10-11H2,1H3,(H2,22,23,27). The van der Waals surface area contributed by atoms with Gasteiger partial charge in [-0.15, -0.1) is 16.4 Å². The molecule has 0 saturated carbocycles. The second kappa shape index (κ2) is 7.77. The molecule has 28 heavy (non-hydrogen) atoms. The zero-order chi connectivity index (χ0) is 19.5. The van der Waals surface area contributed by atoms with E-state index in [0.29, 0.717) is 29.3 Å². The molecule has 0 saturated heterocycles. The first-order chi connectivity index (χ1) is 13.6. The summed E-state index contributed by atoms with van der Waals surface area (Å²) in [6.45, 7) is 2.38. The topological polar surface area (TPSA) is 71.3 Å². The largest absolute Gasteiger partial charge is 0.337 e. The fourth-order valence-corrected chi connectivity index (χ4v) is 3.69. The molecule has 2 amide bonds. The first-order valence-corrected chi connectivity index (χ1v) is 9.68. The molecule has 0 atom stereocenters. The number of hydrogen-bond donors (Lipinski definition) is 2. The van der Waals surface area contributed by atoms with Crippen molar-refractivity contribution in [3.8, 4) is 11.4 Å². The molecule has 2 heterocycles. The van der Waals surface area contributed by atoms with Crippen molar-refractivity contribution in [3.05, 3.63) is 71.0 Å². The van der Waals surface area contributed by atoms with Crippen LogP contribution in [0.5, 0.6) is 0 Å². The van der Waals surface area contributed by atoms with Gasteiger partial charge in [-0.05, 0) is 30.7 Å². The number of aromatic nitrogens is 3. The number of carbonyl (C=O) groups is 1. The van der Waals surface area contributed by atoms with E-state index in [1.165, 1.54) is 17.4 Å². The van der Waals surface area contributed by atoms with Crippen molar-refractivity contribution in [2.45, 2.75) is 13.3 Å². The van der Waals surface area contributed by atoms with Crippen LogP contribution in [0.25, 0.3) is 16.3 Å². The molecule has 0 bridgehead atoms. The van der Waals surface area contributed by atoms with Crippen molar-refractivity contribution >= 4 is 28.0 Å². The molecule has 0 radical (unpaired) electrons. The van der Waals surface area contributed by atoms with Crippen LogP contribution in [0.15, 0.2) is 53.9 Å². The number of nitrogens with one attached hydrogen (secondary N) is 2. The molecule has 0 aliphatic carbocycles. The summed E-state index contributed by atoms with van der Waals surface area (Å²) in [5, 5.41) is 12.1. The lowest BCUT2D eigenvalue weighted by Crippen LogP contribution is -2.30. The van der Waals surface area contributed by atoms with Gasteiger partial charge in [-0.3, -0.25) is 0 Å². The Balaban J connectivity index is 1.41. The van der Waals surface area contributed by atoms with Crippen molar-refractivity contribution in [1.29, 1.82) is 0 Å². The number of benzene rings is 2. The number of fused-ring (bicyclic) bond motifs is 1. The summed E-state index contributed by atoms with van der Waals surface area (Å²) in [6.07, 6.45) is 0.585. The number of urea groups is 1. The highest BCUT2D eigenvalue weighted by atomic mass is 32.1. The molecule has 6 nitrogen and oxygen atoms in total. The molecule has 8 heteroatoms. The van der Waals surface area contributed by atoms with Crippen LogP contribution in [-0.4, -0.2) is 27.2 Å². The van der Waals surface area contributed by atoms with Crippen LogP contribution >= 0.6 is 11.3 Å². The van der Waals surface area contributed by atoms with E-state index in [0.717, 1.165) is 16.9 Å². The van der Waals surface area contributed by atoms with Crippen molar-refractivity contribution in [2.75, 3.05) is 11.9 Å². The van der Waals surface area contributed by atoms with E-state index in [1.807, 2.05) is 36.6 Å². The smallest absolute Gasteiger partial charge is 0.319 e. The summed E-state index contributed by atoms with van der Waals surface area (Å²) in [5.41, 5.74) is 3.07. The van der Waals surface area contributed by atoms with Crippen molar-refractivity contribution in [3.63, 3.8) is 0 Å². The number of hydrogen-bond acceptors (Lipinski definition) is 4. The summed E-state index contributed by atoms with van der Waals surface area (Å²) in [6, 6.07) is 13.8. The molecule has 0 unspecified atom stereocenters. The number of anilines is 1. The van der Waals surface area contributed by atoms with Crippen LogP contribution in [0.3, 0.4) is 0 Å². The monoisotopic (exact) mass is 395 g/mol. The number of rotatable bonds is 5. The Morgan fingerprint density at radius 3 is 2.79 bits per heavy atom. The third-order valence-corrected chi connectivity index (χ3v) is 5.19. The molecule has 4 aromatic rings. The van der Waals surface area contributed by atoms with Crippen molar-refractivity contribution in [2.24, 2.45) is 0 Å². The van der Waals surface area contributed by atoms with E-state index >= 15 is 0 Å². The van der Waals surface area contributed by atoms with Crippen LogP contribution in [-0.2, 0) is 6.42 Å². The maximum atomic E-state index is 14.0. The predicted molar refractivity (Wildman–Crippen MR) is 108 cm³/mol. The number of carbonyl (C=O) groups excluding carboxylic acids is 1. The van der Waals surface area contributed by atoms with Gasteiger partial charge in [0.2, 0.25) is 4.96 Å². The lowest BCUT2D eigenvalue weighted by atomic mass is 10.2. The Morgan fingerprint density at radius 1 is 1.18 bits per heavy atom. The van der Waals surface area contributed by atoms with Crippen molar-refractivity contribution in [1.82, 2.24) is 19.9 Å². The van der Waals surface area contributed by atoms with Gasteiger partial charge in [0.05, 0.1) is 11.3 Å². The second-order valence-electron chi connectivity index (χ2n) is 6.28. The van der Waals surface area contributed by atoms with Gasteiger partial charge < -0.3 is 10.6 Å². The van der Waals surface area contributed by atoms with Gasteiger partial charge in [-0.2, -0.15) is 4.98 Å². The molecular weight excluding hydrogens is 377 g/mol. The first kappa shape index (κ1) is 18.1. The summed E-state index contributed by atoms with van der Waals surface area (Å²) >= 11 is 1.44. The minimum atomic E-state index is -0.350. The van der Waals surface area contributed by atoms with Gasteiger partial charge in [0.1, 0.15) is 5.82 Å². The van der Waals surface area contributed by atoms with Gasteiger partial charge in [-0.25, -0.2) is 13.7 Å². The van der Waals surface area contributed by atoms with E-state index in [-0.39, 0.29) is 11.8 Å². The summed E-state index contributed by atoms with van der Waals surface area (Å²) in [5.74, 6) is 0.00769. The van der Waals surface area contributed by atoms with E-state index < -0.39 is 0 Å². The van der Waals surface area contributed by atoms with Gasteiger partial charge in [-0.1, -0.05) is 30.3 Å². The van der Waals surface area contributed by atoms with Gasteiger partial charge in [0.15, 0.2) is 5.82 Å². The molecule has 142 valence electrons. The third-order valence-electron chi connectivity index (χ3n) is 4.32. The Hall–Kier alpha value is -3.26. The summed E-state index contributed by atoms with van der Waals surface area (Å²) in [7, 11) is 0. The quantitative estimate of drug-likeness (QED) is 0.530. The first-order valence-electron chi connectivity index (χ1n) is 8.80. The van der Waals surface area contributed by atoms with Gasteiger partial charge >= 0.3 is 6.03 Å². The maximum absolute atomic E-state index is 14.0. The molecule has 0 spiro atoms. The number of aryl methyl sites for hydroxylation is 1. The molecule has 0 fully saturated rings. The predicted octanol–water partition coefficient (Wildman–Crippen LogP) is 4.27. The van der Waals surface area contributed by atoms with E-state index in [9.17, 15) is 9.18 Å². The number of nitrogens with zero attached hydrogens (tertiary/aromatic N) is 3. The molecule has 0 aliphatic rings. The number of amides is 2. The number of thiazole rings is 1. The molecule has 2 aromatic carbocycles. The normalized spacial score (nSPS) is 10.9. The molecule has 2 N–H and O–H groups in total. The Bertz CT molecular complexity index is 1140. The summed E-state index contributed by atoms with van der Waals surface area (Å²) in [4.78, 5) is 17.2. The minimum absolute atomic E-state index is 0.258. The van der Waals surface area contributed by atoms with E-state index in [2.05, 4.69) is 20.7 Å². The van der Waals surface area contributed by atoms with Gasteiger partial charge in [0.25, 0.3) is 0 Å². The molecule has 0 aliphatic heterocycles. The number of para-hydroxylation sites is 1. The SMILES string of the molecule is Cc1ccccc1NC(=O)NCCc1csc2nc(-c3ccccc3F)nn12. The van der Waals surface area contributed by atoms with Crippen LogP contribution < -0.4 is 10.6 Å². The van der Waals surface area contributed by atoms with Crippen molar-refractivity contribution < 1.29 is 9.18 Å². The second-order valence-corrected chi connectivity index (χ2v) is 7.12. The average molecular weight is 395 g/mol. The van der Waals surface area contributed by atoms with Crippen LogP contribution in [0.4, 0.5) is 14.9 Å². The maximum Gasteiger partial charge on any atom is 0.319 e. The van der Waals surface area contributed by atoms with Crippen LogP contribution in [0.2, 0.25) is 0 Å². The molecule has 2 aromatic heterocycles. The highest BCUT2D eigenvalue weighted by Crippen LogP contribution is 2.23. The minimum Gasteiger partial charge on any atom is -0.337 e. The fourth-order valence-electron chi connectivity index (χ4n) is 2.84. The highest BCUT2D eigenvalue weighted by molar-refractivity contribution is 7.15. The van der Waals surface area contributed by atoms with Gasteiger partial charge in [0, 0.05) is 24.0 Å². The third kappa shape index (κ3) is 3.72. The Kier molecular flexibility index (Phi) is 5.03. The summed E-state index contributed by atoms with van der Waals surface area (Å²) < 4.78 is 15.7.